The van der Waals surface area contributed by atoms with Gasteiger partial charge in [0.05, 0.1) is 11.6 Å². The van der Waals surface area contributed by atoms with Crippen molar-refractivity contribution in [2.24, 2.45) is 0 Å². The minimum absolute atomic E-state index is 0.0370. The molecule has 1 unspecified atom stereocenters. The fraction of sp³-hybridized carbons (Fsp3) is 0.133. The van der Waals surface area contributed by atoms with Crippen LogP contribution in [0.2, 0.25) is 0 Å². The highest BCUT2D eigenvalue weighted by Gasteiger charge is 2.11. The van der Waals surface area contributed by atoms with Gasteiger partial charge in [-0.05, 0) is 30.2 Å². The zero-order chi connectivity index (χ0) is 13.8. The molecule has 1 amide bonds. The van der Waals surface area contributed by atoms with Crippen molar-refractivity contribution in [3.8, 4) is 11.1 Å². The molecule has 0 aliphatic rings. The summed E-state index contributed by atoms with van der Waals surface area (Å²) < 4.78 is 27.2. The van der Waals surface area contributed by atoms with Gasteiger partial charge in [0.2, 0.25) is 6.41 Å². The van der Waals surface area contributed by atoms with Crippen LogP contribution in [0, 0.1) is 11.6 Å². The fourth-order valence-corrected chi connectivity index (χ4v) is 1.91. The molecule has 0 aliphatic heterocycles. The maximum Gasteiger partial charge on any atom is 0.207 e. The third kappa shape index (κ3) is 2.78. The van der Waals surface area contributed by atoms with Gasteiger partial charge in [-0.15, -0.1) is 0 Å². The summed E-state index contributed by atoms with van der Waals surface area (Å²) in [5.41, 5.74) is 1.30. The summed E-state index contributed by atoms with van der Waals surface area (Å²) in [6.07, 6.45) is 0.620. The lowest BCUT2D eigenvalue weighted by Crippen LogP contribution is -2.15. The Balaban J connectivity index is 2.35. The van der Waals surface area contributed by atoms with E-state index in [0.717, 1.165) is 5.56 Å². The molecule has 2 rings (SSSR count). The first-order valence-electron chi connectivity index (χ1n) is 5.87. The number of carbonyl (C=O) groups excluding carboxylic acids is 1. The second-order valence-electron chi connectivity index (χ2n) is 4.22. The van der Waals surface area contributed by atoms with Gasteiger partial charge < -0.3 is 5.32 Å². The summed E-state index contributed by atoms with van der Waals surface area (Å²) in [6.45, 7) is 1.83. The lowest BCUT2D eigenvalue weighted by molar-refractivity contribution is -0.110. The molecule has 0 bridgehead atoms. The molecule has 0 saturated carbocycles. The lowest BCUT2D eigenvalue weighted by atomic mass is 10.0. The molecule has 2 nitrogen and oxygen atoms in total. The first kappa shape index (κ1) is 13.2. The molecular formula is C15H13F2NO. The minimum Gasteiger partial charge on any atom is -0.352 e. The number of hydrogen-bond acceptors (Lipinski definition) is 1. The van der Waals surface area contributed by atoms with Crippen LogP contribution in [0.3, 0.4) is 0 Å². The third-order valence-electron chi connectivity index (χ3n) is 2.98. The van der Waals surface area contributed by atoms with Crippen molar-refractivity contribution < 1.29 is 13.6 Å². The van der Waals surface area contributed by atoms with E-state index in [9.17, 15) is 13.6 Å². The first-order chi connectivity index (χ1) is 9.13. The second kappa shape index (κ2) is 5.61. The van der Waals surface area contributed by atoms with Crippen LogP contribution in [0.4, 0.5) is 8.78 Å². The molecule has 0 radical (unpaired) electrons. The van der Waals surface area contributed by atoms with Crippen LogP contribution >= 0.6 is 0 Å². The molecule has 1 atom stereocenters. The van der Waals surface area contributed by atoms with Crippen molar-refractivity contribution in [2.75, 3.05) is 0 Å². The van der Waals surface area contributed by atoms with E-state index in [4.69, 9.17) is 0 Å². The van der Waals surface area contributed by atoms with Gasteiger partial charge in [0.15, 0.2) is 0 Å². The molecule has 1 N–H and O–H groups in total. The van der Waals surface area contributed by atoms with Crippen LogP contribution in [0.25, 0.3) is 11.1 Å². The van der Waals surface area contributed by atoms with E-state index < -0.39 is 11.6 Å². The van der Waals surface area contributed by atoms with Crippen molar-refractivity contribution in [3.05, 3.63) is 59.7 Å². The van der Waals surface area contributed by atoms with E-state index in [0.29, 0.717) is 12.0 Å². The second-order valence-corrected chi connectivity index (χ2v) is 4.22. The Kier molecular flexibility index (Phi) is 3.90. The SMILES string of the molecule is CC(NC=O)c1ccc(-c2c(F)cccc2F)cc1. The zero-order valence-electron chi connectivity index (χ0n) is 10.4. The summed E-state index contributed by atoms with van der Waals surface area (Å²) in [7, 11) is 0. The number of amides is 1. The number of nitrogens with one attached hydrogen (secondary N) is 1. The molecule has 0 saturated heterocycles. The van der Waals surface area contributed by atoms with Crippen molar-refractivity contribution in [1.82, 2.24) is 5.32 Å². The Hall–Kier alpha value is -2.23. The summed E-state index contributed by atoms with van der Waals surface area (Å²) in [5, 5.41) is 2.62. The molecule has 0 fully saturated rings. The van der Waals surface area contributed by atoms with Gasteiger partial charge >= 0.3 is 0 Å². The van der Waals surface area contributed by atoms with Crippen molar-refractivity contribution >= 4 is 6.41 Å². The molecular weight excluding hydrogens is 248 g/mol. The maximum absolute atomic E-state index is 13.6. The normalized spacial score (nSPS) is 11.9. The Labute approximate surface area is 110 Å². The standard InChI is InChI=1S/C15H13F2NO/c1-10(18-9-19)11-5-7-12(8-6-11)15-13(16)3-2-4-14(15)17/h2-10H,1H3,(H,18,19). The van der Waals surface area contributed by atoms with Crippen LogP contribution < -0.4 is 5.32 Å². The van der Waals surface area contributed by atoms with E-state index in [1.54, 1.807) is 24.3 Å². The van der Waals surface area contributed by atoms with E-state index >= 15 is 0 Å². The molecule has 2 aromatic rings. The van der Waals surface area contributed by atoms with E-state index in [1.165, 1.54) is 18.2 Å². The Morgan fingerprint density at radius 1 is 1.05 bits per heavy atom. The largest absolute Gasteiger partial charge is 0.352 e. The van der Waals surface area contributed by atoms with E-state index in [-0.39, 0.29) is 11.6 Å². The minimum atomic E-state index is -0.591. The summed E-state index contributed by atoms with van der Waals surface area (Å²) >= 11 is 0. The van der Waals surface area contributed by atoms with Crippen LogP contribution in [0.5, 0.6) is 0 Å². The average Bonchev–Trinajstić information content (AvgIpc) is 2.39. The highest BCUT2D eigenvalue weighted by atomic mass is 19.1. The summed E-state index contributed by atoms with van der Waals surface area (Å²) in [4.78, 5) is 10.4. The fourth-order valence-electron chi connectivity index (χ4n) is 1.91. The van der Waals surface area contributed by atoms with Gasteiger partial charge in [-0.2, -0.15) is 0 Å². The smallest absolute Gasteiger partial charge is 0.207 e. The highest BCUT2D eigenvalue weighted by Crippen LogP contribution is 2.27. The molecule has 4 heteroatoms. The first-order valence-corrected chi connectivity index (χ1v) is 5.87. The van der Waals surface area contributed by atoms with Gasteiger partial charge in [-0.3, -0.25) is 4.79 Å². The van der Waals surface area contributed by atoms with Gasteiger partial charge in [0.1, 0.15) is 11.6 Å². The van der Waals surface area contributed by atoms with E-state index in [2.05, 4.69) is 5.32 Å². The summed E-state index contributed by atoms with van der Waals surface area (Å²) in [6, 6.07) is 10.4. The van der Waals surface area contributed by atoms with Crippen molar-refractivity contribution in [1.29, 1.82) is 0 Å². The van der Waals surface area contributed by atoms with Crippen LogP contribution in [0.15, 0.2) is 42.5 Å². The number of rotatable bonds is 4. The van der Waals surface area contributed by atoms with Crippen molar-refractivity contribution in [2.45, 2.75) is 13.0 Å². The average molecular weight is 261 g/mol. The van der Waals surface area contributed by atoms with Crippen LogP contribution in [-0.2, 0) is 4.79 Å². The molecule has 0 aromatic heterocycles. The topological polar surface area (TPSA) is 29.1 Å². The summed E-state index contributed by atoms with van der Waals surface area (Å²) in [5.74, 6) is -1.18. The molecule has 2 aromatic carbocycles. The quantitative estimate of drug-likeness (QED) is 0.839. The Morgan fingerprint density at radius 3 is 2.16 bits per heavy atom. The number of carbonyl (C=O) groups is 1. The molecule has 98 valence electrons. The monoisotopic (exact) mass is 261 g/mol. The Bertz CT molecular complexity index is 561. The van der Waals surface area contributed by atoms with Crippen LogP contribution in [0.1, 0.15) is 18.5 Å². The van der Waals surface area contributed by atoms with Crippen LogP contribution in [-0.4, -0.2) is 6.41 Å². The number of halogens is 2. The number of benzene rings is 2. The lowest BCUT2D eigenvalue weighted by Gasteiger charge is -2.11. The highest BCUT2D eigenvalue weighted by molar-refractivity contribution is 5.65. The molecule has 0 heterocycles. The van der Waals surface area contributed by atoms with Gasteiger partial charge in [-0.1, -0.05) is 30.3 Å². The predicted molar refractivity (Wildman–Crippen MR) is 69.4 cm³/mol. The van der Waals surface area contributed by atoms with Gasteiger partial charge in [0, 0.05) is 0 Å². The zero-order valence-corrected chi connectivity index (χ0v) is 10.4. The number of hydrogen-bond donors (Lipinski definition) is 1. The third-order valence-corrected chi connectivity index (χ3v) is 2.98. The molecule has 0 spiro atoms. The Morgan fingerprint density at radius 2 is 1.63 bits per heavy atom. The van der Waals surface area contributed by atoms with E-state index in [1.807, 2.05) is 6.92 Å². The van der Waals surface area contributed by atoms with Gasteiger partial charge in [0.25, 0.3) is 0 Å². The molecule has 19 heavy (non-hydrogen) atoms. The van der Waals surface area contributed by atoms with Crippen molar-refractivity contribution in [3.63, 3.8) is 0 Å². The van der Waals surface area contributed by atoms with Gasteiger partial charge in [-0.25, -0.2) is 8.78 Å². The molecule has 0 aliphatic carbocycles. The predicted octanol–water partition coefficient (Wildman–Crippen LogP) is 3.44. The maximum atomic E-state index is 13.6.